The minimum Gasteiger partial charge on any atom is -0.0856 e. The first kappa shape index (κ1) is 5.87. The second-order valence-corrected chi connectivity index (χ2v) is 2.63. The molecular formula is C8H14. The fourth-order valence-corrected chi connectivity index (χ4v) is 1.03. The summed E-state index contributed by atoms with van der Waals surface area (Å²) in [6.45, 7) is 4.45. The Balaban J connectivity index is 2.31. The fourth-order valence-electron chi connectivity index (χ4n) is 1.03. The van der Waals surface area contributed by atoms with E-state index in [1.807, 2.05) is 0 Å². The van der Waals surface area contributed by atoms with Gasteiger partial charge >= 0.3 is 0 Å². The maximum Gasteiger partial charge on any atom is -0.0206 e. The van der Waals surface area contributed by atoms with Gasteiger partial charge in [-0.2, -0.15) is 0 Å². The minimum absolute atomic E-state index is 0.981. The van der Waals surface area contributed by atoms with Crippen LogP contribution in [0.1, 0.15) is 33.1 Å². The van der Waals surface area contributed by atoms with Crippen molar-refractivity contribution in [2.45, 2.75) is 33.1 Å². The average molecular weight is 110 g/mol. The Hall–Kier alpha value is -0.260. The summed E-state index contributed by atoms with van der Waals surface area (Å²) in [5, 5.41) is 0. The zero-order valence-corrected chi connectivity index (χ0v) is 5.78. The van der Waals surface area contributed by atoms with Crippen molar-refractivity contribution in [3.63, 3.8) is 0 Å². The van der Waals surface area contributed by atoms with Crippen LogP contribution in [0.5, 0.6) is 0 Å². The lowest BCUT2D eigenvalue weighted by Gasteiger charge is -1.91. The highest BCUT2D eigenvalue weighted by Gasteiger charge is 2.21. The van der Waals surface area contributed by atoms with Crippen LogP contribution in [0.4, 0.5) is 0 Å². The zero-order valence-electron chi connectivity index (χ0n) is 5.78. The van der Waals surface area contributed by atoms with E-state index < -0.39 is 0 Å². The zero-order chi connectivity index (χ0) is 5.98. The van der Waals surface area contributed by atoms with Gasteiger partial charge in [-0.1, -0.05) is 18.6 Å². The Bertz CT molecular complexity index is 96.6. The molecule has 0 nitrogen and oxygen atoms in total. The van der Waals surface area contributed by atoms with Crippen molar-refractivity contribution in [3.8, 4) is 0 Å². The SMILES string of the molecule is CC/C=C(\C)C1CC1. The summed E-state index contributed by atoms with van der Waals surface area (Å²) < 4.78 is 0. The second-order valence-electron chi connectivity index (χ2n) is 2.63. The average Bonchev–Trinajstić information content (AvgIpc) is 2.45. The minimum atomic E-state index is 0.981. The first-order chi connectivity index (χ1) is 3.84. The van der Waals surface area contributed by atoms with Gasteiger partial charge in [-0.25, -0.2) is 0 Å². The van der Waals surface area contributed by atoms with E-state index in [1.54, 1.807) is 5.57 Å². The fraction of sp³-hybridized carbons (Fsp3) is 0.750. The van der Waals surface area contributed by atoms with Crippen LogP contribution in [-0.2, 0) is 0 Å². The summed E-state index contributed by atoms with van der Waals surface area (Å²) in [6.07, 6.45) is 6.45. The second kappa shape index (κ2) is 2.34. The lowest BCUT2D eigenvalue weighted by atomic mass is 10.2. The monoisotopic (exact) mass is 110 g/mol. The van der Waals surface area contributed by atoms with Gasteiger partial charge in [0.25, 0.3) is 0 Å². The molecule has 0 heterocycles. The first-order valence-electron chi connectivity index (χ1n) is 3.51. The van der Waals surface area contributed by atoms with Crippen LogP contribution >= 0.6 is 0 Å². The molecule has 0 aliphatic heterocycles. The molecule has 0 heteroatoms. The molecule has 0 radical (unpaired) electrons. The molecule has 0 atom stereocenters. The summed E-state index contributed by atoms with van der Waals surface area (Å²) in [5.41, 5.74) is 1.62. The Kier molecular flexibility index (Phi) is 1.72. The molecule has 0 spiro atoms. The van der Waals surface area contributed by atoms with Crippen LogP contribution in [-0.4, -0.2) is 0 Å². The standard InChI is InChI=1S/C8H14/c1-3-4-7(2)8-5-6-8/h4,8H,3,5-6H2,1-2H3/b7-4+. The van der Waals surface area contributed by atoms with E-state index in [2.05, 4.69) is 19.9 Å². The van der Waals surface area contributed by atoms with Gasteiger partial charge in [0.05, 0.1) is 0 Å². The highest BCUT2D eigenvalue weighted by molar-refractivity contribution is 5.08. The predicted molar refractivity (Wildman–Crippen MR) is 36.8 cm³/mol. The highest BCUT2D eigenvalue weighted by atomic mass is 14.3. The molecule has 1 saturated carbocycles. The van der Waals surface area contributed by atoms with Gasteiger partial charge in [-0.3, -0.25) is 0 Å². The number of hydrogen-bond donors (Lipinski definition) is 0. The van der Waals surface area contributed by atoms with Crippen molar-refractivity contribution >= 4 is 0 Å². The molecule has 0 aromatic heterocycles. The Morgan fingerprint density at radius 2 is 2.25 bits per heavy atom. The number of rotatable bonds is 2. The third-order valence-electron chi connectivity index (χ3n) is 1.75. The summed E-state index contributed by atoms with van der Waals surface area (Å²) in [6, 6.07) is 0. The molecule has 1 fully saturated rings. The van der Waals surface area contributed by atoms with Crippen molar-refractivity contribution in [1.29, 1.82) is 0 Å². The third-order valence-corrected chi connectivity index (χ3v) is 1.75. The van der Waals surface area contributed by atoms with Crippen molar-refractivity contribution in [3.05, 3.63) is 11.6 Å². The van der Waals surface area contributed by atoms with Gasteiger partial charge in [0.15, 0.2) is 0 Å². The smallest absolute Gasteiger partial charge is 0.0206 e. The Morgan fingerprint density at radius 3 is 2.62 bits per heavy atom. The lowest BCUT2D eigenvalue weighted by Crippen LogP contribution is -1.75. The summed E-state index contributed by atoms with van der Waals surface area (Å²) in [7, 11) is 0. The van der Waals surface area contributed by atoms with E-state index in [4.69, 9.17) is 0 Å². The molecular weight excluding hydrogens is 96.1 g/mol. The highest BCUT2D eigenvalue weighted by Crippen LogP contribution is 2.35. The molecule has 8 heavy (non-hydrogen) atoms. The van der Waals surface area contributed by atoms with Crippen LogP contribution in [0, 0.1) is 5.92 Å². The van der Waals surface area contributed by atoms with E-state index in [0.717, 1.165) is 5.92 Å². The molecule has 0 aromatic rings. The van der Waals surface area contributed by atoms with Crippen LogP contribution in [0.25, 0.3) is 0 Å². The quantitative estimate of drug-likeness (QED) is 0.479. The van der Waals surface area contributed by atoms with E-state index in [0.29, 0.717) is 0 Å². The van der Waals surface area contributed by atoms with Crippen molar-refractivity contribution in [2.24, 2.45) is 5.92 Å². The Morgan fingerprint density at radius 1 is 1.62 bits per heavy atom. The van der Waals surface area contributed by atoms with E-state index in [1.165, 1.54) is 19.3 Å². The first-order valence-corrected chi connectivity index (χ1v) is 3.51. The molecule has 0 unspecified atom stereocenters. The molecule has 46 valence electrons. The molecule has 1 aliphatic rings. The van der Waals surface area contributed by atoms with E-state index in [9.17, 15) is 0 Å². The molecule has 0 amide bonds. The van der Waals surface area contributed by atoms with Gasteiger partial charge in [0, 0.05) is 0 Å². The topological polar surface area (TPSA) is 0 Å². The summed E-state index contributed by atoms with van der Waals surface area (Å²) in [5.74, 6) is 0.981. The maximum absolute atomic E-state index is 2.34. The van der Waals surface area contributed by atoms with Crippen molar-refractivity contribution in [2.75, 3.05) is 0 Å². The van der Waals surface area contributed by atoms with Gasteiger partial charge in [-0.15, -0.1) is 0 Å². The van der Waals surface area contributed by atoms with Crippen molar-refractivity contribution < 1.29 is 0 Å². The van der Waals surface area contributed by atoms with Gasteiger partial charge < -0.3 is 0 Å². The molecule has 0 N–H and O–H groups in total. The van der Waals surface area contributed by atoms with Crippen molar-refractivity contribution in [1.82, 2.24) is 0 Å². The summed E-state index contributed by atoms with van der Waals surface area (Å²) in [4.78, 5) is 0. The predicted octanol–water partition coefficient (Wildman–Crippen LogP) is 2.75. The molecule has 0 aromatic carbocycles. The number of hydrogen-bond acceptors (Lipinski definition) is 0. The lowest BCUT2D eigenvalue weighted by molar-refractivity contribution is 0.981. The molecule has 1 aliphatic carbocycles. The normalized spacial score (nSPS) is 21.5. The van der Waals surface area contributed by atoms with Gasteiger partial charge in [-0.05, 0) is 32.1 Å². The van der Waals surface area contributed by atoms with Crippen LogP contribution in [0.2, 0.25) is 0 Å². The molecule has 1 rings (SSSR count). The van der Waals surface area contributed by atoms with Gasteiger partial charge in [0.1, 0.15) is 0 Å². The molecule has 0 saturated heterocycles. The molecule has 0 bridgehead atoms. The van der Waals surface area contributed by atoms with E-state index >= 15 is 0 Å². The van der Waals surface area contributed by atoms with Crippen LogP contribution < -0.4 is 0 Å². The number of allylic oxidation sites excluding steroid dienone is 2. The Labute approximate surface area is 51.6 Å². The maximum atomic E-state index is 2.34. The largest absolute Gasteiger partial charge is 0.0856 e. The van der Waals surface area contributed by atoms with Crippen LogP contribution in [0.15, 0.2) is 11.6 Å². The third kappa shape index (κ3) is 1.36. The van der Waals surface area contributed by atoms with Gasteiger partial charge in [0.2, 0.25) is 0 Å². The van der Waals surface area contributed by atoms with E-state index in [-0.39, 0.29) is 0 Å². The summed E-state index contributed by atoms with van der Waals surface area (Å²) >= 11 is 0. The van der Waals surface area contributed by atoms with Crippen LogP contribution in [0.3, 0.4) is 0 Å².